The van der Waals surface area contributed by atoms with Crippen LogP contribution in [0.2, 0.25) is 0 Å². The molecule has 1 aliphatic heterocycles. The zero-order valence-electron chi connectivity index (χ0n) is 17.3. The largest absolute Gasteiger partial charge is 0.496 e. The molecule has 4 rings (SSSR count). The second-order valence-corrected chi connectivity index (χ2v) is 7.55. The van der Waals surface area contributed by atoms with E-state index in [9.17, 15) is 9.59 Å². The van der Waals surface area contributed by atoms with E-state index in [1.165, 1.54) is 4.90 Å². The van der Waals surface area contributed by atoms with Crippen LogP contribution in [0, 0.1) is 13.8 Å². The molecule has 1 aliphatic rings. The Bertz CT molecular complexity index is 1110. The smallest absolute Gasteiger partial charge is 0.325 e. The summed E-state index contributed by atoms with van der Waals surface area (Å²) in [6.07, 6.45) is 0. The molecule has 3 aromatic carbocycles. The van der Waals surface area contributed by atoms with Crippen molar-refractivity contribution in [1.29, 1.82) is 0 Å². The highest BCUT2D eigenvalue weighted by Gasteiger charge is 2.53. The van der Waals surface area contributed by atoms with Gasteiger partial charge in [0, 0.05) is 5.56 Å². The van der Waals surface area contributed by atoms with Crippen LogP contribution >= 0.6 is 0 Å². The summed E-state index contributed by atoms with van der Waals surface area (Å²) in [6.45, 7) is 4.16. The normalized spacial score (nSPS) is 18.4. The SMILES string of the molecule is COc1ccccc1CN1C(=O)N[C@@](c2ccccc2)(c2ccc(C)c(C)c2)C1=O. The maximum atomic E-state index is 13.8. The minimum atomic E-state index is -1.27. The monoisotopic (exact) mass is 400 g/mol. The molecule has 0 unspecified atom stereocenters. The summed E-state index contributed by atoms with van der Waals surface area (Å²) in [6, 6.07) is 22.3. The fraction of sp³-hybridized carbons (Fsp3) is 0.200. The van der Waals surface area contributed by atoms with Crippen molar-refractivity contribution >= 4 is 11.9 Å². The number of nitrogens with one attached hydrogen (secondary N) is 1. The summed E-state index contributed by atoms with van der Waals surface area (Å²) in [5.74, 6) is 0.342. The molecule has 0 radical (unpaired) electrons. The van der Waals surface area contributed by atoms with Crippen LogP contribution < -0.4 is 10.1 Å². The summed E-state index contributed by atoms with van der Waals surface area (Å²) < 4.78 is 5.41. The van der Waals surface area contributed by atoms with Crippen molar-refractivity contribution in [3.8, 4) is 5.75 Å². The number of hydrogen-bond acceptors (Lipinski definition) is 3. The van der Waals surface area contributed by atoms with Gasteiger partial charge in [-0.1, -0.05) is 66.7 Å². The number of benzene rings is 3. The first-order chi connectivity index (χ1) is 14.5. The third-order valence-corrected chi connectivity index (χ3v) is 5.77. The second kappa shape index (κ2) is 7.67. The highest BCUT2D eigenvalue weighted by atomic mass is 16.5. The van der Waals surface area contributed by atoms with E-state index < -0.39 is 11.6 Å². The molecule has 0 bridgehead atoms. The standard InChI is InChI=1S/C25H24N2O3/c1-17-13-14-21(15-18(17)2)25(20-10-5-4-6-11-20)23(28)27(24(29)26-25)16-19-9-7-8-12-22(19)30-3/h4-15H,16H2,1-3H3,(H,26,29)/t25-/m0/s1. The molecule has 1 N–H and O–H groups in total. The summed E-state index contributed by atoms with van der Waals surface area (Å²) in [4.78, 5) is 28.2. The summed E-state index contributed by atoms with van der Waals surface area (Å²) in [5.41, 5.74) is 3.18. The molecule has 1 atom stereocenters. The predicted molar refractivity (Wildman–Crippen MR) is 115 cm³/mol. The third-order valence-electron chi connectivity index (χ3n) is 5.77. The van der Waals surface area contributed by atoms with Crippen LogP contribution in [-0.4, -0.2) is 23.9 Å². The lowest BCUT2D eigenvalue weighted by molar-refractivity contribution is -0.130. The number of rotatable bonds is 5. The number of hydrogen-bond donors (Lipinski definition) is 1. The van der Waals surface area contributed by atoms with E-state index in [1.54, 1.807) is 7.11 Å². The van der Waals surface area contributed by atoms with Crippen molar-refractivity contribution in [2.24, 2.45) is 0 Å². The number of nitrogens with zero attached hydrogens (tertiary/aromatic N) is 1. The van der Waals surface area contributed by atoms with Crippen molar-refractivity contribution in [2.45, 2.75) is 25.9 Å². The Balaban J connectivity index is 1.83. The van der Waals surface area contributed by atoms with Crippen molar-refractivity contribution in [2.75, 3.05) is 7.11 Å². The van der Waals surface area contributed by atoms with Gasteiger partial charge in [0.25, 0.3) is 5.91 Å². The Labute approximate surface area is 176 Å². The number of urea groups is 1. The van der Waals surface area contributed by atoms with Crippen LogP contribution in [0.4, 0.5) is 4.79 Å². The minimum absolute atomic E-state index is 0.133. The van der Waals surface area contributed by atoms with E-state index in [4.69, 9.17) is 4.74 Å². The van der Waals surface area contributed by atoms with Crippen molar-refractivity contribution in [1.82, 2.24) is 10.2 Å². The number of amides is 3. The summed E-state index contributed by atoms with van der Waals surface area (Å²) >= 11 is 0. The molecule has 1 saturated heterocycles. The Morgan fingerprint density at radius 2 is 1.57 bits per heavy atom. The Morgan fingerprint density at radius 1 is 0.867 bits per heavy atom. The van der Waals surface area contributed by atoms with E-state index in [1.807, 2.05) is 86.6 Å². The van der Waals surface area contributed by atoms with Gasteiger partial charge in [0.05, 0.1) is 13.7 Å². The van der Waals surface area contributed by atoms with Gasteiger partial charge in [-0.05, 0) is 42.2 Å². The van der Waals surface area contributed by atoms with E-state index >= 15 is 0 Å². The van der Waals surface area contributed by atoms with E-state index in [2.05, 4.69) is 5.32 Å². The minimum Gasteiger partial charge on any atom is -0.496 e. The first-order valence-electron chi connectivity index (χ1n) is 9.86. The molecule has 0 saturated carbocycles. The Kier molecular flexibility index (Phi) is 5.04. The van der Waals surface area contributed by atoms with Gasteiger partial charge in [-0.2, -0.15) is 0 Å². The molecular weight excluding hydrogens is 376 g/mol. The first-order valence-corrected chi connectivity index (χ1v) is 9.86. The quantitative estimate of drug-likeness (QED) is 0.650. The van der Waals surface area contributed by atoms with Gasteiger partial charge in [-0.3, -0.25) is 9.69 Å². The number of ether oxygens (including phenoxy) is 1. The van der Waals surface area contributed by atoms with Gasteiger partial charge in [-0.25, -0.2) is 4.79 Å². The van der Waals surface area contributed by atoms with Crippen LogP contribution in [-0.2, 0) is 16.9 Å². The zero-order chi connectivity index (χ0) is 21.3. The average Bonchev–Trinajstić information content (AvgIpc) is 3.02. The van der Waals surface area contributed by atoms with E-state index in [-0.39, 0.29) is 12.5 Å². The van der Waals surface area contributed by atoms with Gasteiger partial charge in [0.1, 0.15) is 5.75 Å². The molecule has 3 aromatic rings. The molecular formula is C25H24N2O3. The number of carbonyl (C=O) groups is 2. The molecule has 3 amide bonds. The van der Waals surface area contributed by atoms with Crippen LogP contribution in [0.3, 0.4) is 0 Å². The van der Waals surface area contributed by atoms with Crippen molar-refractivity contribution in [3.63, 3.8) is 0 Å². The lowest BCUT2D eigenvalue weighted by atomic mass is 9.81. The maximum absolute atomic E-state index is 13.8. The fourth-order valence-electron chi connectivity index (χ4n) is 3.94. The molecule has 0 aromatic heterocycles. The lowest BCUT2D eigenvalue weighted by Gasteiger charge is -2.28. The number of methoxy groups -OCH3 is 1. The predicted octanol–water partition coefficient (Wildman–Crippen LogP) is 4.31. The number of para-hydroxylation sites is 1. The van der Waals surface area contributed by atoms with Crippen molar-refractivity contribution < 1.29 is 14.3 Å². The van der Waals surface area contributed by atoms with E-state index in [0.29, 0.717) is 5.75 Å². The van der Waals surface area contributed by atoms with Gasteiger partial charge < -0.3 is 10.1 Å². The number of carbonyl (C=O) groups excluding carboxylic acids is 2. The Hall–Kier alpha value is -3.60. The number of imide groups is 1. The summed E-state index contributed by atoms with van der Waals surface area (Å²) in [5, 5.41) is 3.00. The molecule has 30 heavy (non-hydrogen) atoms. The van der Waals surface area contributed by atoms with Gasteiger partial charge >= 0.3 is 6.03 Å². The Morgan fingerprint density at radius 3 is 2.27 bits per heavy atom. The van der Waals surface area contributed by atoms with Crippen LogP contribution in [0.1, 0.15) is 27.8 Å². The molecule has 5 heteroatoms. The topological polar surface area (TPSA) is 58.6 Å². The molecule has 0 spiro atoms. The van der Waals surface area contributed by atoms with Crippen LogP contribution in [0.25, 0.3) is 0 Å². The third kappa shape index (κ3) is 3.12. The van der Waals surface area contributed by atoms with Crippen LogP contribution in [0.5, 0.6) is 5.75 Å². The lowest BCUT2D eigenvalue weighted by Crippen LogP contribution is -2.45. The second-order valence-electron chi connectivity index (χ2n) is 7.55. The molecule has 1 fully saturated rings. The maximum Gasteiger partial charge on any atom is 0.325 e. The van der Waals surface area contributed by atoms with Crippen LogP contribution in [0.15, 0.2) is 72.8 Å². The first kappa shape index (κ1) is 19.7. The zero-order valence-corrected chi connectivity index (χ0v) is 17.3. The van der Waals surface area contributed by atoms with Gasteiger partial charge in [0.15, 0.2) is 5.54 Å². The highest BCUT2D eigenvalue weighted by molar-refractivity contribution is 6.09. The number of aryl methyl sites for hydroxylation is 2. The van der Waals surface area contributed by atoms with E-state index in [0.717, 1.165) is 27.8 Å². The highest BCUT2D eigenvalue weighted by Crippen LogP contribution is 2.37. The van der Waals surface area contributed by atoms with Gasteiger partial charge in [0.2, 0.25) is 0 Å². The van der Waals surface area contributed by atoms with Crippen molar-refractivity contribution in [3.05, 3.63) is 101 Å². The molecule has 1 heterocycles. The average molecular weight is 400 g/mol. The molecule has 0 aliphatic carbocycles. The molecule has 5 nitrogen and oxygen atoms in total. The summed E-state index contributed by atoms with van der Waals surface area (Å²) in [7, 11) is 1.58. The van der Waals surface area contributed by atoms with Gasteiger partial charge in [-0.15, -0.1) is 0 Å². The molecule has 152 valence electrons. The fourth-order valence-corrected chi connectivity index (χ4v) is 3.94.